The number of carbonyl (C=O) groups is 1. The Morgan fingerprint density at radius 3 is 2.51 bits per heavy atom. The van der Waals surface area contributed by atoms with E-state index >= 15 is 0 Å². The number of rotatable bonds is 7. The zero-order valence-corrected chi connectivity index (χ0v) is 20.4. The average molecular weight is 514 g/mol. The Bertz CT molecular complexity index is 1240. The number of aromatic nitrogens is 1. The predicted octanol–water partition coefficient (Wildman–Crippen LogP) is 5.23. The number of hydrogen-bond acceptors (Lipinski definition) is 4. The number of hydrogen-bond donors (Lipinski definition) is 2. The maximum Gasteiger partial charge on any atom is 0.433 e. The van der Waals surface area contributed by atoms with Crippen LogP contribution in [0.2, 0.25) is 0 Å². The normalized spacial score (nSPS) is 17.5. The van der Waals surface area contributed by atoms with E-state index in [4.69, 9.17) is 0 Å². The van der Waals surface area contributed by atoms with Crippen LogP contribution in [0, 0.1) is 11.7 Å². The highest BCUT2D eigenvalue weighted by atomic mass is 32.2. The lowest BCUT2D eigenvalue weighted by atomic mass is 9.88. The summed E-state index contributed by atoms with van der Waals surface area (Å²) in [4.78, 5) is 16.6. The molecule has 2 atom stereocenters. The molecule has 1 aliphatic rings. The molecule has 0 fully saturated rings. The maximum absolute atomic E-state index is 14.3. The molecule has 1 aromatic carbocycles. The largest absolute Gasteiger partial charge is 0.433 e. The number of carbonyl (C=O) groups excluding carboxylic acids is 1. The molecular formula is C24H27F4N3O3S. The molecule has 190 valence electrons. The van der Waals surface area contributed by atoms with E-state index in [-0.39, 0.29) is 17.9 Å². The summed E-state index contributed by atoms with van der Waals surface area (Å²) in [6, 6.07) is 5.93. The fourth-order valence-electron chi connectivity index (χ4n) is 3.82. The lowest BCUT2D eigenvalue weighted by Gasteiger charge is -2.21. The van der Waals surface area contributed by atoms with E-state index < -0.39 is 39.5 Å². The van der Waals surface area contributed by atoms with Crippen LogP contribution in [0.1, 0.15) is 61.5 Å². The van der Waals surface area contributed by atoms with E-state index in [0.29, 0.717) is 23.5 Å². The van der Waals surface area contributed by atoms with E-state index in [1.54, 1.807) is 6.92 Å². The summed E-state index contributed by atoms with van der Waals surface area (Å²) < 4.78 is 78.8. The minimum absolute atomic E-state index is 0.0489. The Balaban J connectivity index is 1.78. The van der Waals surface area contributed by atoms with Crippen LogP contribution in [0.4, 0.5) is 23.2 Å². The van der Waals surface area contributed by atoms with Gasteiger partial charge in [0.2, 0.25) is 15.9 Å². The summed E-state index contributed by atoms with van der Waals surface area (Å²) in [6.45, 7) is 3.57. The fourth-order valence-corrected chi connectivity index (χ4v) is 4.38. The third-order valence-electron chi connectivity index (χ3n) is 5.88. The first-order chi connectivity index (χ1) is 16.2. The summed E-state index contributed by atoms with van der Waals surface area (Å²) in [6.07, 6.45) is 0.383. The van der Waals surface area contributed by atoms with Crippen LogP contribution in [-0.2, 0) is 27.5 Å². The average Bonchev–Trinajstić information content (AvgIpc) is 2.77. The van der Waals surface area contributed by atoms with E-state index in [0.717, 1.165) is 36.8 Å². The van der Waals surface area contributed by atoms with Crippen molar-refractivity contribution in [1.82, 2.24) is 10.3 Å². The molecule has 0 saturated heterocycles. The lowest BCUT2D eigenvalue weighted by molar-refractivity contribution is -0.141. The number of allylic oxidation sites excluding steroid dienone is 2. The number of halogens is 4. The van der Waals surface area contributed by atoms with Gasteiger partial charge in [0.1, 0.15) is 11.5 Å². The molecule has 0 aliphatic heterocycles. The molecule has 0 radical (unpaired) electrons. The monoisotopic (exact) mass is 513 g/mol. The Morgan fingerprint density at radius 1 is 1.23 bits per heavy atom. The number of alkyl halides is 3. The molecule has 35 heavy (non-hydrogen) atoms. The second-order valence-corrected chi connectivity index (χ2v) is 10.6. The molecule has 1 amide bonds. The smallest absolute Gasteiger partial charge is 0.351 e. The maximum atomic E-state index is 14.3. The highest BCUT2D eigenvalue weighted by molar-refractivity contribution is 7.92. The first-order valence-corrected chi connectivity index (χ1v) is 12.9. The summed E-state index contributed by atoms with van der Waals surface area (Å²) in [5.41, 5.74) is 0.490. The van der Waals surface area contributed by atoms with Crippen molar-refractivity contribution in [1.29, 1.82) is 0 Å². The second kappa shape index (κ2) is 10.3. The molecule has 3 rings (SSSR count). The number of nitrogens with one attached hydrogen (secondary N) is 2. The third kappa shape index (κ3) is 7.03. The summed E-state index contributed by atoms with van der Waals surface area (Å²) in [5.74, 6) is -1.66. The molecule has 1 aliphatic carbocycles. The lowest BCUT2D eigenvalue weighted by Crippen LogP contribution is -2.28. The van der Waals surface area contributed by atoms with Crippen LogP contribution in [-0.4, -0.2) is 25.6 Å². The van der Waals surface area contributed by atoms with Crippen molar-refractivity contribution in [3.63, 3.8) is 0 Å². The number of anilines is 1. The topological polar surface area (TPSA) is 88.2 Å². The number of amides is 1. The molecule has 1 aromatic heterocycles. The van der Waals surface area contributed by atoms with Crippen molar-refractivity contribution in [3.05, 3.63) is 64.7 Å². The van der Waals surface area contributed by atoms with Gasteiger partial charge in [-0.25, -0.2) is 17.8 Å². The third-order valence-corrected chi connectivity index (χ3v) is 6.47. The van der Waals surface area contributed by atoms with Gasteiger partial charge in [-0.2, -0.15) is 13.2 Å². The van der Waals surface area contributed by atoms with Crippen molar-refractivity contribution in [2.45, 2.75) is 51.7 Å². The van der Waals surface area contributed by atoms with Crippen molar-refractivity contribution >= 4 is 27.2 Å². The highest BCUT2D eigenvalue weighted by Crippen LogP contribution is 2.34. The van der Waals surface area contributed by atoms with Gasteiger partial charge in [0.15, 0.2) is 0 Å². The molecule has 11 heteroatoms. The van der Waals surface area contributed by atoms with Gasteiger partial charge in [-0.05, 0) is 67.0 Å². The standard InChI is InChI=1S/C24H27F4N3O3S/c1-14-4-6-16(7-5-14)22-18(9-11-21(30-22)24(26,27)28)13-29-23(32)15(2)17-8-10-20(19(25)12-17)31-35(3,33)34/h6,8-12,14-15,31H,4-5,7,13H2,1-3H3,(H,29,32). The molecule has 0 spiro atoms. The van der Waals surface area contributed by atoms with Crippen molar-refractivity contribution in [3.8, 4) is 0 Å². The van der Waals surface area contributed by atoms with Crippen LogP contribution >= 0.6 is 0 Å². The molecule has 6 nitrogen and oxygen atoms in total. The number of nitrogens with zero attached hydrogens (tertiary/aromatic N) is 1. The van der Waals surface area contributed by atoms with E-state index in [1.807, 2.05) is 6.08 Å². The van der Waals surface area contributed by atoms with Crippen LogP contribution < -0.4 is 10.0 Å². The zero-order chi connectivity index (χ0) is 26.0. The zero-order valence-electron chi connectivity index (χ0n) is 19.5. The number of pyridine rings is 1. The van der Waals surface area contributed by atoms with Crippen LogP contribution in [0.25, 0.3) is 5.57 Å². The first-order valence-electron chi connectivity index (χ1n) is 11.1. The molecule has 2 N–H and O–H groups in total. The molecule has 0 bridgehead atoms. The van der Waals surface area contributed by atoms with Gasteiger partial charge in [0.25, 0.3) is 0 Å². The molecule has 0 saturated carbocycles. The van der Waals surface area contributed by atoms with Gasteiger partial charge in [-0.15, -0.1) is 0 Å². The van der Waals surface area contributed by atoms with Gasteiger partial charge >= 0.3 is 6.18 Å². The van der Waals surface area contributed by atoms with Gasteiger partial charge in [-0.1, -0.05) is 25.1 Å². The number of sulfonamides is 1. The summed E-state index contributed by atoms with van der Waals surface area (Å²) in [5, 5.41) is 2.69. The summed E-state index contributed by atoms with van der Waals surface area (Å²) >= 11 is 0. The number of benzene rings is 1. The Labute approximate surface area is 201 Å². The molecule has 2 unspecified atom stereocenters. The summed E-state index contributed by atoms with van der Waals surface area (Å²) in [7, 11) is -3.67. The van der Waals surface area contributed by atoms with Gasteiger partial charge in [0, 0.05) is 6.54 Å². The second-order valence-electron chi connectivity index (χ2n) is 8.86. The van der Waals surface area contributed by atoms with Gasteiger partial charge in [-0.3, -0.25) is 9.52 Å². The Morgan fingerprint density at radius 2 is 1.94 bits per heavy atom. The van der Waals surface area contributed by atoms with Crippen molar-refractivity contribution in [2.75, 3.05) is 11.0 Å². The molecule has 2 aromatic rings. The Hall–Kier alpha value is -2.95. The fraction of sp³-hybridized carbons (Fsp3) is 0.417. The van der Waals surface area contributed by atoms with Crippen molar-refractivity contribution < 1.29 is 30.8 Å². The predicted molar refractivity (Wildman–Crippen MR) is 125 cm³/mol. The van der Waals surface area contributed by atoms with Gasteiger partial charge < -0.3 is 5.32 Å². The van der Waals surface area contributed by atoms with Crippen LogP contribution in [0.15, 0.2) is 36.4 Å². The van der Waals surface area contributed by atoms with Crippen LogP contribution in [0.3, 0.4) is 0 Å². The van der Waals surface area contributed by atoms with Gasteiger partial charge in [0.05, 0.1) is 23.6 Å². The quantitative estimate of drug-likeness (QED) is 0.496. The molecular weight excluding hydrogens is 486 g/mol. The van der Waals surface area contributed by atoms with E-state index in [2.05, 4.69) is 21.9 Å². The minimum Gasteiger partial charge on any atom is -0.351 e. The first kappa shape index (κ1) is 26.7. The molecule has 1 heterocycles. The van der Waals surface area contributed by atoms with E-state index in [9.17, 15) is 30.8 Å². The highest BCUT2D eigenvalue weighted by Gasteiger charge is 2.33. The van der Waals surface area contributed by atoms with E-state index in [1.165, 1.54) is 18.2 Å². The van der Waals surface area contributed by atoms with Crippen molar-refractivity contribution in [2.24, 2.45) is 5.92 Å². The van der Waals surface area contributed by atoms with Crippen LogP contribution in [0.5, 0.6) is 0 Å². The SMILES string of the molecule is CC1CC=C(c2nc(C(F)(F)F)ccc2CNC(=O)C(C)c2ccc(NS(C)(=O)=O)c(F)c2)CC1. The minimum atomic E-state index is -4.59. The Kier molecular flexibility index (Phi) is 7.88.